The van der Waals surface area contributed by atoms with E-state index >= 15 is 0 Å². The number of anilines is 1. The Bertz CT molecular complexity index is 522. The molecular formula is C20H36IN5. The van der Waals surface area contributed by atoms with Crippen LogP contribution in [0.25, 0.3) is 0 Å². The first-order valence-corrected chi connectivity index (χ1v) is 9.65. The summed E-state index contributed by atoms with van der Waals surface area (Å²) in [6.07, 6.45) is 3.64. The van der Waals surface area contributed by atoms with Gasteiger partial charge in [0.25, 0.3) is 0 Å². The molecule has 1 fully saturated rings. The third-order valence-corrected chi connectivity index (χ3v) is 4.68. The molecule has 5 nitrogen and oxygen atoms in total. The number of benzene rings is 1. The van der Waals surface area contributed by atoms with Gasteiger partial charge in [0.05, 0.1) is 6.54 Å². The maximum atomic E-state index is 4.77. The fraction of sp³-hybridized carbons (Fsp3) is 0.650. The van der Waals surface area contributed by atoms with E-state index in [1.807, 2.05) is 0 Å². The highest BCUT2D eigenvalue weighted by Gasteiger charge is 2.19. The highest BCUT2D eigenvalue weighted by atomic mass is 127. The smallest absolute Gasteiger partial charge is 0.191 e. The van der Waals surface area contributed by atoms with Gasteiger partial charge < -0.3 is 20.4 Å². The van der Waals surface area contributed by atoms with Crippen molar-refractivity contribution in [3.05, 3.63) is 29.8 Å². The highest BCUT2D eigenvalue weighted by Crippen LogP contribution is 2.13. The van der Waals surface area contributed by atoms with Crippen LogP contribution in [0.2, 0.25) is 0 Å². The molecule has 0 saturated carbocycles. The summed E-state index contributed by atoms with van der Waals surface area (Å²) in [5, 5.41) is 7.01. The number of guanidine groups is 1. The molecule has 6 heteroatoms. The average molecular weight is 473 g/mol. The lowest BCUT2D eigenvalue weighted by atomic mass is 10.1. The fourth-order valence-corrected chi connectivity index (χ4v) is 3.20. The molecule has 0 spiro atoms. The molecule has 148 valence electrons. The molecule has 1 aromatic carbocycles. The molecule has 1 aromatic rings. The predicted molar refractivity (Wildman–Crippen MR) is 124 cm³/mol. The van der Waals surface area contributed by atoms with Crippen LogP contribution in [0.5, 0.6) is 0 Å². The molecule has 1 aliphatic rings. The summed E-state index contributed by atoms with van der Waals surface area (Å²) in [7, 11) is 4.12. The van der Waals surface area contributed by atoms with Crippen molar-refractivity contribution in [3.8, 4) is 0 Å². The monoisotopic (exact) mass is 473 g/mol. The van der Waals surface area contributed by atoms with E-state index in [0.717, 1.165) is 12.5 Å². The third kappa shape index (κ3) is 7.70. The van der Waals surface area contributed by atoms with Gasteiger partial charge in [-0.15, -0.1) is 24.0 Å². The molecular weight excluding hydrogens is 437 g/mol. The molecule has 0 radical (unpaired) electrons. The molecule has 1 aliphatic heterocycles. The molecule has 2 rings (SSSR count). The van der Waals surface area contributed by atoms with Crippen LogP contribution in [0.1, 0.15) is 38.7 Å². The Hall–Kier alpha value is -1.02. The number of piperidine rings is 1. The summed E-state index contributed by atoms with van der Waals surface area (Å²) in [4.78, 5) is 9.45. The van der Waals surface area contributed by atoms with Gasteiger partial charge in [-0.3, -0.25) is 0 Å². The molecule has 1 saturated heterocycles. The maximum absolute atomic E-state index is 4.77. The van der Waals surface area contributed by atoms with Crippen molar-refractivity contribution in [2.45, 2.75) is 45.7 Å². The number of halogens is 1. The number of nitrogens with one attached hydrogen (secondary N) is 2. The third-order valence-electron chi connectivity index (χ3n) is 4.68. The summed E-state index contributed by atoms with van der Waals surface area (Å²) >= 11 is 0. The molecule has 0 atom stereocenters. The Morgan fingerprint density at radius 3 is 2.35 bits per heavy atom. The van der Waals surface area contributed by atoms with Gasteiger partial charge in [0.2, 0.25) is 0 Å². The van der Waals surface area contributed by atoms with Gasteiger partial charge in [0, 0.05) is 45.5 Å². The predicted octanol–water partition coefficient (Wildman–Crippen LogP) is 3.30. The van der Waals surface area contributed by atoms with Gasteiger partial charge in [0.1, 0.15) is 0 Å². The summed E-state index contributed by atoms with van der Waals surface area (Å²) in [5.41, 5.74) is 2.46. The number of nitrogens with zero attached hydrogens (tertiary/aromatic N) is 3. The summed E-state index contributed by atoms with van der Waals surface area (Å²) < 4.78 is 0. The van der Waals surface area contributed by atoms with Gasteiger partial charge in [-0.2, -0.15) is 0 Å². The van der Waals surface area contributed by atoms with Crippen molar-refractivity contribution >= 4 is 35.6 Å². The van der Waals surface area contributed by atoms with Crippen LogP contribution < -0.4 is 15.5 Å². The van der Waals surface area contributed by atoms with Crippen LogP contribution in [-0.2, 0) is 6.54 Å². The van der Waals surface area contributed by atoms with Crippen molar-refractivity contribution in [1.29, 1.82) is 0 Å². The first kappa shape index (κ1) is 23.0. The van der Waals surface area contributed by atoms with Crippen LogP contribution in [0.3, 0.4) is 0 Å². The normalized spacial score (nSPS) is 16.1. The molecule has 0 bridgehead atoms. The van der Waals surface area contributed by atoms with E-state index in [4.69, 9.17) is 4.99 Å². The lowest BCUT2D eigenvalue weighted by Gasteiger charge is -2.32. The average Bonchev–Trinajstić information content (AvgIpc) is 2.62. The minimum Gasteiger partial charge on any atom is -0.378 e. The standard InChI is InChI=1S/C20H35N5.HI/c1-5-13-25-14-11-18(12-15-25)23-20(21-6-2)22-16-17-7-9-19(10-8-17)24(3)4;/h7-10,18H,5-6,11-16H2,1-4H3,(H2,21,22,23);1H. The van der Waals surface area contributed by atoms with Crippen molar-refractivity contribution in [1.82, 2.24) is 15.5 Å². The molecule has 26 heavy (non-hydrogen) atoms. The van der Waals surface area contributed by atoms with Gasteiger partial charge >= 0.3 is 0 Å². The van der Waals surface area contributed by atoms with Gasteiger partial charge in [-0.25, -0.2) is 4.99 Å². The zero-order valence-corrected chi connectivity index (χ0v) is 19.1. The lowest BCUT2D eigenvalue weighted by molar-refractivity contribution is 0.206. The SMILES string of the molecule is CCCN1CCC(NC(=NCc2ccc(N(C)C)cc2)NCC)CC1.I. The van der Waals surface area contributed by atoms with Crippen LogP contribution in [0.15, 0.2) is 29.3 Å². The van der Waals surface area contributed by atoms with Crippen LogP contribution in [-0.4, -0.2) is 57.2 Å². The van der Waals surface area contributed by atoms with Gasteiger partial charge in [0.15, 0.2) is 5.96 Å². The molecule has 0 aromatic heterocycles. The number of hydrogen-bond donors (Lipinski definition) is 2. The van der Waals surface area contributed by atoms with E-state index in [1.165, 1.54) is 50.1 Å². The second kappa shape index (κ2) is 12.4. The molecule has 2 N–H and O–H groups in total. The number of hydrogen-bond acceptors (Lipinski definition) is 3. The molecule has 0 unspecified atom stereocenters. The minimum atomic E-state index is 0. The lowest BCUT2D eigenvalue weighted by Crippen LogP contribution is -2.48. The van der Waals surface area contributed by atoms with Crippen LogP contribution in [0, 0.1) is 0 Å². The van der Waals surface area contributed by atoms with Crippen LogP contribution >= 0.6 is 24.0 Å². The van der Waals surface area contributed by atoms with Crippen LogP contribution in [0.4, 0.5) is 5.69 Å². The fourth-order valence-electron chi connectivity index (χ4n) is 3.20. The number of aliphatic imine (C=N–C) groups is 1. The zero-order chi connectivity index (χ0) is 18.1. The Kier molecular flexibility index (Phi) is 11.0. The van der Waals surface area contributed by atoms with E-state index in [-0.39, 0.29) is 24.0 Å². The largest absolute Gasteiger partial charge is 0.378 e. The van der Waals surface area contributed by atoms with E-state index in [2.05, 4.69) is 72.6 Å². The highest BCUT2D eigenvalue weighted by molar-refractivity contribution is 14.0. The van der Waals surface area contributed by atoms with Gasteiger partial charge in [-0.05, 0) is 50.4 Å². The molecule has 0 amide bonds. The van der Waals surface area contributed by atoms with Crippen molar-refractivity contribution in [2.24, 2.45) is 4.99 Å². The Morgan fingerprint density at radius 2 is 1.81 bits per heavy atom. The van der Waals surface area contributed by atoms with Gasteiger partial charge in [-0.1, -0.05) is 19.1 Å². The number of likely N-dealkylation sites (tertiary alicyclic amines) is 1. The minimum absolute atomic E-state index is 0. The zero-order valence-electron chi connectivity index (χ0n) is 16.8. The summed E-state index contributed by atoms with van der Waals surface area (Å²) in [6.45, 7) is 9.58. The summed E-state index contributed by atoms with van der Waals surface area (Å²) in [5.74, 6) is 0.938. The topological polar surface area (TPSA) is 42.9 Å². The second-order valence-electron chi connectivity index (χ2n) is 7.02. The summed E-state index contributed by atoms with van der Waals surface area (Å²) in [6, 6.07) is 9.14. The van der Waals surface area contributed by atoms with E-state index in [0.29, 0.717) is 12.6 Å². The van der Waals surface area contributed by atoms with Crippen molar-refractivity contribution in [3.63, 3.8) is 0 Å². The van der Waals surface area contributed by atoms with E-state index < -0.39 is 0 Å². The Balaban J connectivity index is 0.00000338. The van der Waals surface area contributed by atoms with Crippen molar-refractivity contribution in [2.75, 3.05) is 45.2 Å². The van der Waals surface area contributed by atoms with E-state index in [1.54, 1.807) is 0 Å². The molecule has 1 heterocycles. The second-order valence-corrected chi connectivity index (χ2v) is 7.02. The Morgan fingerprint density at radius 1 is 1.15 bits per heavy atom. The number of rotatable bonds is 7. The molecule has 0 aliphatic carbocycles. The first-order chi connectivity index (χ1) is 12.1. The quantitative estimate of drug-likeness (QED) is 0.363. The Labute approximate surface area is 176 Å². The van der Waals surface area contributed by atoms with E-state index in [9.17, 15) is 0 Å². The maximum Gasteiger partial charge on any atom is 0.191 e. The first-order valence-electron chi connectivity index (χ1n) is 9.65. The van der Waals surface area contributed by atoms with Crippen molar-refractivity contribution < 1.29 is 0 Å².